The monoisotopic (exact) mass is 543 g/mol. The zero-order valence-electron chi connectivity index (χ0n) is 21.3. The lowest BCUT2D eigenvalue weighted by molar-refractivity contribution is -0.137. The number of thiophene rings is 1. The number of benzene rings is 2. The van der Waals surface area contributed by atoms with Crippen LogP contribution in [0.4, 0.5) is 23.7 Å². The fraction of sp³-hybridized carbons (Fsp3) is 0.379. The van der Waals surface area contributed by atoms with Crippen LogP contribution >= 0.6 is 11.3 Å². The van der Waals surface area contributed by atoms with E-state index in [1.165, 1.54) is 12.1 Å². The van der Waals surface area contributed by atoms with Crippen molar-refractivity contribution in [2.45, 2.75) is 64.3 Å². The molecule has 1 fully saturated rings. The van der Waals surface area contributed by atoms with Gasteiger partial charge in [0.25, 0.3) is 0 Å². The van der Waals surface area contributed by atoms with Crippen molar-refractivity contribution in [3.8, 4) is 0 Å². The molecule has 3 amide bonds. The second-order valence-electron chi connectivity index (χ2n) is 9.67. The Kier molecular flexibility index (Phi) is 9.09. The van der Waals surface area contributed by atoms with Gasteiger partial charge in [0.05, 0.1) is 12.1 Å². The molecule has 1 N–H and O–H groups in total. The molecule has 0 unspecified atom stereocenters. The molecule has 0 radical (unpaired) electrons. The summed E-state index contributed by atoms with van der Waals surface area (Å²) in [5, 5.41) is 2.72. The predicted molar refractivity (Wildman–Crippen MR) is 144 cm³/mol. The topological polar surface area (TPSA) is 52.7 Å². The lowest BCUT2D eigenvalue weighted by Crippen LogP contribution is -2.49. The van der Waals surface area contributed by atoms with E-state index in [9.17, 15) is 22.8 Å². The molecule has 0 spiro atoms. The Morgan fingerprint density at radius 1 is 0.921 bits per heavy atom. The van der Waals surface area contributed by atoms with Crippen molar-refractivity contribution in [3.63, 3.8) is 0 Å². The van der Waals surface area contributed by atoms with E-state index in [2.05, 4.69) is 5.32 Å². The van der Waals surface area contributed by atoms with Crippen molar-refractivity contribution >= 4 is 29.0 Å². The van der Waals surface area contributed by atoms with E-state index in [0.717, 1.165) is 59.6 Å². The molecule has 0 atom stereocenters. The molecule has 0 bridgehead atoms. The normalized spacial score (nSPS) is 14.2. The average Bonchev–Trinajstić information content (AvgIpc) is 3.32. The van der Waals surface area contributed by atoms with E-state index >= 15 is 0 Å². The van der Waals surface area contributed by atoms with Gasteiger partial charge in [0, 0.05) is 28.0 Å². The van der Waals surface area contributed by atoms with Crippen molar-refractivity contribution in [2.24, 2.45) is 0 Å². The highest BCUT2D eigenvalue weighted by molar-refractivity contribution is 7.11. The summed E-state index contributed by atoms with van der Waals surface area (Å²) >= 11 is 1.64. The van der Waals surface area contributed by atoms with Gasteiger partial charge in [-0.15, -0.1) is 11.3 Å². The molecule has 0 saturated heterocycles. The molecule has 2 aromatic carbocycles. The minimum atomic E-state index is -4.45. The predicted octanol–water partition coefficient (Wildman–Crippen LogP) is 7.47. The fourth-order valence-corrected chi connectivity index (χ4v) is 5.64. The highest BCUT2D eigenvalue weighted by Crippen LogP contribution is 2.30. The van der Waals surface area contributed by atoms with Gasteiger partial charge in [0.1, 0.15) is 6.54 Å². The molecule has 0 aliphatic heterocycles. The van der Waals surface area contributed by atoms with Gasteiger partial charge in [-0.25, -0.2) is 4.79 Å². The first-order chi connectivity index (χ1) is 18.2. The van der Waals surface area contributed by atoms with E-state index in [-0.39, 0.29) is 24.2 Å². The smallest absolute Gasteiger partial charge is 0.332 e. The summed E-state index contributed by atoms with van der Waals surface area (Å²) in [6, 6.07) is 17.5. The maximum atomic E-state index is 13.7. The van der Waals surface area contributed by atoms with Gasteiger partial charge in [0.2, 0.25) is 5.91 Å². The van der Waals surface area contributed by atoms with Gasteiger partial charge in [-0.2, -0.15) is 13.2 Å². The molecule has 1 aliphatic carbocycles. The minimum Gasteiger partial charge on any atom is -0.332 e. The van der Waals surface area contributed by atoms with Crippen LogP contribution in [0.25, 0.3) is 0 Å². The standard InChI is InChI=1S/C29H32F3N3O2S/c1-21-12-17-26(38-21)19-34(18-22-8-4-2-5-9-22)27(36)20-35(25-10-6-3-7-11-25)28(37)33-24-15-13-23(14-16-24)29(30,31)32/h2,4-5,8-9,12-17,25H,3,6-7,10-11,18-20H2,1H3,(H,33,37). The summed E-state index contributed by atoms with van der Waals surface area (Å²) in [7, 11) is 0. The molecule has 1 saturated carbocycles. The van der Waals surface area contributed by atoms with E-state index in [1.54, 1.807) is 21.1 Å². The molecule has 4 rings (SSSR count). The Labute approximate surface area is 225 Å². The van der Waals surface area contributed by atoms with E-state index in [4.69, 9.17) is 0 Å². The maximum absolute atomic E-state index is 13.7. The van der Waals surface area contributed by atoms with Gasteiger partial charge in [-0.05, 0) is 61.7 Å². The number of urea groups is 1. The summed E-state index contributed by atoms with van der Waals surface area (Å²) in [6.45, 7) is 2.77. The zero-order chi connectivity index (χ0) is 27.1. The van der Waals surface area contributed by atoms with Gasteiger partial charge in [-0.1, -0.05) is 49.6 Å². The van der Waals surface area contributed by atoms with Gasteiger partial charge < -0.3 is 15.1 Å². The summed E-state index contributed by atoms with van der Waals surface area (Å²) in [4.78, 5) is 32.7. The number of halogens is 3. The van der Waals surface area contributed by atoms with Crippen molar-refractivity contribution in [2.75, 3.05) is 11.9 Å². The average molecular weight is 544 g/mol. The molecule has 202 valence electrons. The highest BCUT2D eigenvalue weighted by Gasteiger charge is 2.31. The third kappa shape index (κ3) is 7.60. The van der Waals surface area contributed by atoms with Gasteiger partial charge in [-0.3, -0.25) is 4.79 Å². The molecule has 5 nitrogen and oxygen atoms in total. The summed E-state index contributed by atoms with van der Waals surface area (Å²) in [6.07, 6.45) is 0.131. The first-order valence-electron chi connectivity index (χ1n) is 12.8. The first kappa shape index (κ1) is 27.7. The third-order valence-corrected chi connectivity index (χ3v) is 7.74. The van der Waals surface area contributed by atoms with Crippen LogP contribution in [-0.2, 0) is 24.1 Å². The number of alkyl halides is 3. The maximum Gasteiger partial charge on any atom is 0.416 e. The molecule has 3 aromatic rings. The van der Waals surface area contributed by atoms with Gasteiger partial charge in [0.15, 0.2) is 0 Å². The Hall–Kier alpha value is -3.33. The number of nitrogens with one attached hydrogen (secondary N) is 1. The molecular weight excluding hydrogens is 511 g/mol. The van der Waals surface area contributed by atoms with Crippen LogP contribution in [0, 0.1) is 6.92 Å². The van der Waals surface area contributed by atoms with Crippen molar-refractivity contribution in [1.29, 1.82) is 0 Å². The molecule has 9 heteroatoms. The molecule has 1 aromatic heterocycles. The molecule has 1 aliphatic rings. The number of nitrogens with zero attached hydrogens (tertiary/aromatic N) is 2. The van der Waals surface area contributed by atoms with Crippen molar-refractivity contribution in [3.05, 3.63) is 87.6 Å². The van der Waals surface area contributed by atoms with E-state index in [0.29, 0.717) is 13.1 Å². The lowest BCUT2D eigenvalue weighted by Gasteiger charge is -2.35. The second kappa shape index (κ2) is 12.5. The Bertz CT molecular complexity index is 1210. The number of rotatable bonds is 8. The number of anilines is 1. The third-order valence-electron chi connectivity index (χ3n) is 6.76. The minimum absolute atomic E-state index is 0.103. The number of hydrogen-bond acceptors (Lipinski definition) is 3. The zero-order valence-corrected chi connectivity index (χ0v) is 22.2. The van der Waals surface area contributed by atoms with Crippen molar-refractivity contribution < 1.29 is 22.8 Å². The fourth-order valence-electron chi connectivity index (χ4n) is 4.74. The Morgan fingerprint density at radius 2 is 1.61 bits per heavy atom. The van der Waals surface area contributed by atoms with Crippen LogP contribution < -0.4 is 5.32 Å². The number of carbonyl (C=O) groups excluding carboxylic acids is 2. The summed E-state index contributed by atoms with van der Waals surface area (Å²) < 4.78 is 38.8. The van der Waals surface area contributed by atoms with E-state index < -0.39 is 17.8 Å². The number of carbonyl (C=O) groups is 2. The van der Waals surface area contributed by atoms with Gasteiger partial charge >= 0.3 is 12.2 Å². The highest BCUT2D eigenvalue weighted by atomic mass is 32.1. The lowest BCUT2D eigenvalue weighted by atomic mass is 9.94. The Morgan fingerprint density at radius 3 is 2.21 bits per heavy atom. The summed E-state index contributed by atoms with van der Waals surface area (Å²) in [5.74, 6) is -0.173. The first-order valence-corrected chi connectivity index (χ1v) is 13.6. The van der Waals surface area contributed by atoms with Crippen LogP contribution in [-0.4, -0.2) is 34.3 Å². The van der Waals surface area contributed by atoms with Crippen LogP contribution in [0.2, 0.25) is 0 Å². The largest absolute Gasteiger partial charge is 0.416 e. The van der Waals surface area contributed by atoms with Crippen LogP contribution in [0.5, 0.6) is 0 Å². The number of aryl methyl sites for hydroxylation is 1. The quantitative estimate of drug-likeness (QED) is 0.320. The number of amides is 3. The van der Waals surface area contributed by atoms with Crippen molar-refractivity contribution in [1.82, 2.24) is 9.80 Å². The second-order valence-corrected chi connectivity index (χ2v) is 11.0. The van der Waals surface area contributed by atoms with E-state index in [1.807, 2.05) is 49.4 Å². The van der Waals surface area contributed by atoms with Crippen LogP contribution in [0.1, 0.15) is 53.0 Å². The molecular formula is C29H32F3N3O2S. The van der Waals surface area contributed by atoms with Crippen LogP contribution in [0.15, 0.2) is 66.7 Å². The SMILES string of the molecule is Cc1ccc(CN(Cc2ccccc2)C(=O)CN(C(=O)Nc2ccc(C(F)(F)F)cc2)C2CCCCC2)s1. The van der Waals surface area contributed by atoms with Crippen LogP contribution in [0.3, 0.4) is 0 Å². The molecule has 1 heterocycles. The summed E-state index contributed by atoms with van der Waals surface area (Å²) in [5.41, 5.74) is 0.467. The Balaban J connectivity index is 1.52. The molecule has 38 heavy (non-hydrogen) atoms. The number of hydrogen-bond donors (Lipinski definition) is 1.